The second kappa shape index (κ2) is 9.65. The van der Waals surface area contributed by atoms with Crippen LogP contribution in [0.3, 0.4) is 0 Å². The van der Waals surface area contributed by atoms with E-state index in [0.29, 0.717) is 0 Å². The SMILES string of the molecule is Br.CC(Br)C(=O)C(c1ccccc1)(c1ccccc1)C(C)CN(C)C. The first-order chi connectivity index (χ1) is 11.4. The van der Waals surface area contributed by atoms with Gasteiger partial charge in [0, 0.05) is 6.54 Å². The van der Waals surface area contributed by atoms with E-state index in [-0.39, 0.29) is 33.5 Å². The van der Waals surface area contributed by atoms with Crippen LogP contribution >= 0.6 is 32.9 Å². The molecule has 0 spiro atoms. The van der Waals surface area contributed by atoms with Crippen LogP contribution in [0.5, 0.6) is 0 Å². The summed E-state index contributed by atoms with van der Waals surface area (Å²) in [7, 11) is 4.11. The maximum absolute atomic E-state index is 13.5. The van der Waals surface area contributed by atoms with Crippen molar-refractivity contribution in [3.8, 4) is 0 Å². The molecular formula is C21H27Br2NO. The molecule has 0 N–H and O–H groups in total. The molecule has 0 aliphatic carbocycles. The molecule has 0 amide bonds. The second-order valence-electron chi connectivity index (χ2n) is 6.68. The van der Waals surface area contributed by atoms with Gasteiger partial charge >= 0.3 is 0 Å². The summed E-state index contributed by atoms with van der Waals surface area (Å²) in [4.78, 5) is 15.5. The minimum absolute atomic E-state index is 0. The molecule has 2 aromatic carbocycles. The smallest absolute Gasteiger partial charge is 0.161 e. The second-order valence-corrected chi connectivity index (χ2v) is 8.06. The van der Waals surface area contributed by atoms with Gasteiger partial charge in [-0.25, -0.2) is 0 Å². The number of Topliss-reactive ketones (excluding diaryl/α,β-unsaturated/α-hetero) is 1. The van der Waals surface area contributed by atoms with Gasteiger partial charge < -0.3 is 4.90 Å². The molecule has 25 heavy (non-hydrogen) atoms. The summed E-state index contributed by atoms with van der Waals surface area (Å²) in [6.45, 7) is 4.92. The molecule has 136 valence electrons. The molecule has 0 aliphatic heterocycles. The highest BCUT2D eigenvalue weighted by molar-refractivity contribution is 9.10. The summed E-state index contributed by atoms with van der Waals surface area (Å²) in [5.74, 6) is 0.332. The lowest BCUT2D eigenvalue weighted by Gasteiger charge is -2.41. The maximum atomic E-state index is 13.5. The third kappa shape index (κ3) is 4.60. The van der Waals surface area contributed by atoms with E-state index < -0.39 is 5.41 Å². The Morgan fingerprint density at radius 1 is 0.960 bits per heavy atom. The van der Waals surface area contributed by atoms with Crippen LogP contribution in [0.4, 0.5) is 0 Å². The lowest BCUT2D eigenvalue weighted by molar-refractivity contribution is -0.124. The number of carbonyl (C=O) groups excluding carboxylic acids is 1. The number of carbonyl (C=O) groups is 1. The lowest BCUT2D eigenvalue weighted by atomic mass is 9.63. The van der Waals surface area contributed by atoms with Crippen LogP contribution in [0.25, 0.3) is 0 Å². The average molecular weight is 469 g/mol. The molecule has 0 saturated heterocycles. The molecule has 0 radical (unpaired) electrons. The number of hydrogen-bond acceptors (Lipinski definition) is 2. The van der Waals surface area contributed by atoms with Gasteiger partial charge in [0.05, 0.1) is 10.2 Å². The molecule has 0 saturated carbocycles. The third-order valence-electron chi connectivity index (χ3n) is 4.59. The quantitative estimate of drug-likeness (QED) is 0.526. The molecule has 0 bridgehead atoms. The van der Waals surface area contributed by atoms with Crippen LogP contribution in [-0.4, -0.2) is 36.2 Å². The van der Waals surface area contributed by atoms with Gasteiger partial charge in [0.1, 0.15) is 0 Å². The Bertz CT molecular complexity index is 617. The van der Waals surface area contributed by atoms with Crippen molar-refractivity contribution in [1.29, 1.82) is 0 Å². The van der Waals surface area contributed by atoms with E-state index in [2.05, 4.69) is 66.1 Å². The number of ketones is 1. The molecule has 0 aromatic heterocycles. The van der Waals surface area contributed by atoms with Crippen molar-refractivity contribution in [2.24, 2.45) is 5.92 Å². The van der Waals surface area contributed by atoms with Crippen LogP contribution in [0.15, 0.2) is 60.7 Å². The van der Waals surface area contributed by atoms with E-state index in [9.17, 15) is 4.79 Å². The van der Waals surface area contributed by atoms with Gasteiger partial charge in [0.2, 0.25) is 0 Å². The number of alkyl halides is 1. The normalized spacial score (nSPS) is 13.8. The van der Waals surface area contributed by atoms with Crippen LogP contribution in [0, 0.1) is 5.92 Å². The van der Waals surface area contributed by atoms with E-state index in [1.54, 1.807) is 0 Å². The van der Waals surface area contributed by atoms with E-state index >= 15 is 0 Å². The molecule has 2 unspecified atom stereocenters. The fraction of sp³-hybridized carbons (Fsp3) is 0.381. The Kier molecular flexibility index (Phi) is 8.52. The molecule has 2 rings (SSSR count). The van der Waals surface area contributed by atoms with Crippen LogP contribution in [-0.2, 0) is 10.2 Å². The van der Waals surface area contributed by atoms with Gasteiger partial charge in [-0.05, 0) is 38.1 Å². The molecule has 0 aliphatic rings. The van der Waals surface area contributed by atoms with Crippen molar-refractivity contribution in [3.05, 3.63) is 71.8 Å². The predicted molar refractivity (Wildman–Crippen MR) is 115 cm³/mol. The first-order valence-corrected chi connectivity index (χ1v) is 9.26. The number of nitrogens with zero attached hydrogens (tertiary/aromatic N) is 1. The number of halogens is 2. The molecule has 2 nitrogen and oxygen atoms in total. The van der Waals surface area contributed by atoms with Crippen molar-refractivity contribution in [1.82, 2.24) is 4.90 Å². The number of hydrogen-bond donors (Lipinski definition) is 0. The highest BCUT2D eigenvalue weighted by atomic mass is 79.9. The average Bonchev–Trinajstić information content (AvgIpc) is 2.56. The van der Waals surface area contributed by atoms with Gasteiger partial charge in [-0.3, -0.25) is 4.79 Å². The standard InChI is InChI=1S/C21H26BrNO.BrH/c1-16(15-23(3)4)21(20(24)17(2)22,18-11-7-5-8-12-18)19-13-9-6-10-14-19;/h5-14,16-17H,15H2,1-4H3;1H. The minimum Gasteiger partial charge on any atom is -0.309 e. The molecular weight excluding hydrogens is 442 g/mol. The molecule has 2 atom stereocenters. The molecule has 4 heteroatoms. The van der Waals surface area contributed by atoms with Crippen molar-refractivity contribution >= 4 is 38.7 Å². The summed E-state index contributed by atoms with van der Waals surface area (Å²) in [6, 6.07) is 20.4. The summed E-state index contributed by atoms with van der Waals surface area (Å²) in [5.41, 5.74) is 1.44. The van der Waals surface area contributed by atoms with Crippen LogP contribution in [0.2, 0.25) is 0 Å². The first kappa shape index (κ1) is 22.1. The maximum Gasteiger partial charge on any atom is 0.161 e. The predicted octanol–water partition coefficient (Wildman–Crippen LogP) is 5.10. The summed E-state index contributed by atoms with van der Waals surface area (Å²) in [5, 5.41) is 0. The number of benzene rings is 2. The largest absolute Gasteiger partial charge is 0.309 e. The van der Waals surface area contributed by atoms with E-state index in [1.165, 1.54) is 0 Å². The fourth-order valence-electron chi connectivity index (χ4n) is 3.66. The van der Waals surface area contributed by atoms with Gasteiger partial charge in [0.15, 0.2) is 5.78 Å². The lowest BCUT2D eigenvalue weighted by Crippen LogP contribution is -2.49. The Labute approximate surface area is 170 Å². The van der Waals surface area contributed by atoms with Gasteiger partial charge in [-0.1, -0.05) is 83.5 Å². The molecule has 0 heterocycles. The van der Waals surface area contributed by atoms with Crippen LogP contribution in [0.1, 0.15) is 25.0 Å². The highest BCUT2D eigenvalue weighted by Gasteiger charge is 2.47. The monoisotopic (exact) mass is 467 g/mol. The summed E-state index contributed by atoms with van der Waals surface area (Å²) in [6.07, 6.45) is 0. The minimum atomic E-state index is -0.671. The molecule has 0 fully saturated rings. The van der Waals surface area contributed by atoms with Crippen molar-refractivity contribution in [2.45, 2.75) is 24.1 Å². The zero-order valence-corrected chi connectivity index (χ0v) is 18.6. The van der Waals surface area contributed by atoms with Crippen molar-refractivity contribution < 1.29 is 4.79 Å². The number of rotatable bonds is 7. The van der Waals surface area contributed by atoms with Crippen molar-refractivity contribution in [3.63, 3.8) is 0 Å². The fourth-order valence-corrected chi connectivity index (χ4v) is 4.02. The Morgan fingerprint density at radius 3 is 1.68 bits per heavy atom. The summed E-state index contributed by atoms with van der Waals surface area (Å²) < 4.78 is 0. The highest BCUT2D eigenvalue weighted by Crippen LogP contribution is 2.42. The zero-order chi connectivity index (χ0) is 17.7. The first-order valence-electron chi connectivity index (χ1n) is 8.34. The Hall–Kier alpha value is -0.970. The van der Waals surface area contributed by atoms with Gasteiger partial charge in [0.25, 0.3) is 0 Å². The Morgan fingerprint density at radius 2 is 1.36 bits per heavy atom. The van der Waals surface area contributed by atoms with E-state index in [4.69, 9.17) is 0 Å². The topological polar surface area (TPSA) is 20.3 Å². The zero-order valence-electron chi connectivity index (χ0n) is 15.3. The third-order valence-corrected chi connectivity index (χ3v) is 5.00. The van der Waals surface area contributed by atoms with E-state index in [1.807, 2.05) is 43.3 Å². The Balaban J connectivity index is 0.00000312. The van der Waals surface area contributed by atoms with Gasteiger partial charge in [-0.2, -0.15) is 0 Å². The van der Waals surface area contributed by atoms with Gasteiger partial charge in [-0.15, -0.1) is 17.0 Å². The van der Waals surface area contributed by atoms with Crippen LogP contribution < -0.4 is 0 Å². The molecule has 2 aromatic rings. The summed E-state index contributed by atoms with van der Waals surface area (Å²) >= 11 is 3.54. The van der Waals surface area contributed by atoms with Crippen molar-refractivity contribution in [2.75, 3.05) is 20.6 Å². The van der Waals surface area contributed by atoms with E-state index in [0.717, 1.165) is 17.7 Å².